The standard InChI is InChI=1S/C17H20N2O2/c1-19(2)17(21)10-11-18-16(20)12-14-8-5-7-13-6-3-4-9-15(13)14/h3-9H,10-12H2,1-2H3,(H,18,20). The number of fused-ring (bicyclic) bond motifs is 1. The fourth-order valence-corrected chi connectivity index (χ4v) is 2.21. The minimum atomic E-state index is -0.0575. The highest BCUT2D eigenvalue weighted by molar-refractivity contribution is 5.90. The zero-order valence-electron chi connectivity index (χ0n) is 12.4. The number of nitrogens with zero attached hydrogens (tertiary/aromatic N) is 1. The molecule has 0 aliphatic heterocycles. The number of carbonyl (C=O) groups excluding carboxylic acids is 2. The van der Waals surface area contributed by atoms with Gasteiger partial charge in [0.15, 0.2) is 0 Å². The molecule has 110 valence electrons. The van der Waals surface area contributed by atoms with Crippen LogP contribution in [0.25, 0.3) is 10.8 Å². The highest BCUT2D eigenvalue weighted by Crippen LogP contribution is 2.18. The van der Waals surface area contributed by atoms with Gasteiger partial charge in [0.2, 0.25) is 11.8 Å². The van der Waals surface area contributed by atoms with Crippen LogP contribution >= 0.6 is 0 Å². The molecule has 2 amide bonds. The molecule has 0 spiro atoms. The minimum absolute atomic E-state index is 0.0143. The molecular formula is C17H20N2O2. The van der Waals surface area contributed by atoms with E-state index in [1.165, 1.54) is 4.90 Å². The SMILES string of the molecule is CN(C)C(=O)CCNC(=O)Cc1cccc2ccccc12. The normalized spacial score (nSPS) is 10.4. The first-order valence-electron chi connectivity index (χ1n) is 7.01. The van der Waals surface area contributed by atoms with Gasteiger partial charge in [0.25, 0.3) is 0 Å². The monoisotopic (exact) mass is 284 g/mol. The second kappa shape index (κ2) is 6.88. The topological polar surface area (TPSA) is 49.4 Å². The molecule has 0 fully saturated rings. The molecule has 0 aliphatic carbocycles. The van der Waals surface area contributed by atoms with Crippen LogP contribution < -0.4 is 5.32 Å². The average Bonchev–Trinajstić information content (AvgIpc) is 2.47. The number of amides is 2. The Balaban J connectivity index is 1.94. The number of rotatable bonds is 5. The van der Waals surface area contributed by atoms with Crippen molar-refractivity contribution in [3.63, 3.8) is 0 Å². The number of carbonyl (C=O) groups is 2. The van der Waals surface area contributed by atoms with E-state index in [-0.39, 0.29) is 11.8 Å². The molecule has 0 unspecified atom stereocenters. The van der Waals surface area contributed by atoms with E-state index in [1.54, 1.807) is 14.1 Å². The van der Waals surface area contributed by atoms with Crippen LogP contribution in [0.15, 0.2) is 42.5 Å². The Hall–Kier alpha value is -2.36. The second-order valence-electron chi connectivity index (χ2n) is 5.20. The van der Waals surface area contributed by atoms with E-state index in [0.29, 0.717) is 19.4 Å². The molecule has 1 N–H and O–H groups in total. The Kier molecular flexibility index (Phi) is 4.93. The van der Waals surface area contributed by atoms with E-state index in [1.807, 2.05) is 42.5 Å². The van der Waals surface area contributed by atoms with Gasteiger partial charge in [0.1, 0.15) is 0 Å². The fraction of sp³-hybridized carbons (Fsp3) is 0.294. The summed E-state index contributed by atoms with van der Waals surface area (Å²) in [6, 6.07) is 14.0. The molecule has 2 rings (SSSR count). The van der Waals surface area contributed by atoms with E-state index in [4.69, 9.17) is 0 Å². The van der Waals surface area contributed by atoms with Gasteiger partial charge in [-0.15, -0.1) is 0 Å². The summed E-state index contributed by atoms with van der Waals surface area (Å²) in [6.07, 6.45) is 0.659. The van der Waals surface area contributed by atoms with Gasteiger partial charge in [-0.1, -0.05) is 42.5 Å². The maximum Gasteiger partial charge on any atom is 0.224 e. The Morgan fingerprint density at radius 3 is 2.52 bits per heavy atom. The Morgan fingerprint density at radius 2 is 1.76 bits per heavy atom. The van der Waals surface area contributed by atoms with Crippen molar-refractivity contribution in [3.05, 3.63) is 48.0 Å². The Morgan fingerprint density at radius 1 is 1.05 bits per heavy atom. The van der Waals surface area contributed by atoms with E-state index in [0.717, 1.165) is 16.3 Å². The minimum Gasteiger partial charge on any atom is -0.355 e. The average molecular weight is 284 g/mol. The number of nitrogens with one attached hydrogen (secondary N) is 1. The number of hydrogen-bond acceptors (Lipinski definition) is 2. The molecule has 0 atom stereocenters. The summed E-state index contributed by atoms with van der Waals surface area (Å²) >= 11 is 0. The van der Waals surface area contributed by atoms with E-state index in [2.05, 4.69) is 5.32 Å². The molecule has 21 heavy (non-hydrogen) atoms. The molecule has 0 aliphatic rings. The van der Waals surface area contributed by atoms with Crippen LogP contribution in [0.2, 0.25) is 0 Å². The van der Waals surface area contributed by atoms with Gasteiger partial charge in [-0.05, 0) is 16.3 Å². The van der Waals surface area contributed by atoms with E-state index >= 15 is 0 Å². The van der Waals surface area contributed by atoms with Crippen molar-refractivity contribution >= 4 is 22.6 Å². The third-order valence-corrected chi connectivity index (χ3v) is 3.39. The predicted octanol–water partition coefficient (Wildman–Crippen LogP) is 1.98. The van der Waals surface area contributed by atoms with Crippen LogP contribution in [0.3, 0.4) is 0 Å². The zero-order valence-corrected chi connectivity index (χ0v) is 12.4. The van der Waals surface area contributed by atoms with Crippen molar-refractivity contribution in [2.24, 2.45) is 0 Å². The van der Waals surface area contributed by atoms with E-state index in [9.17, 15) is 9.59 Å². The van der Waals surface area contributed by atoms with Crippen molar-refractivity contribution in [1.29, 1.82) is 0 Å². The fourth-order valence-electron chi connectivity index (χ4n) is 2.21. The molecule has 0 heterocycles. The van der Waals surface area contributed by atoms with Crippen molar-refractivity contribution in [2.75, 3.05) is 20.6 Å². The van der Waals surface area contributed by atoms with Gasteiger partial charge in [0.05, 0.1) is 6.42 Å². The van der Waals surface area contributed by atoms with Gasteiger partial charge in [-0.2, -0.15) is 0 Å². The summed E-state index contributed by atoms with van der Waals surface area (Å²) < 4.78 is 0. The zero-order chi connectivity index (χ0) is 15.2. The van der Waals surface area contributed by atoms with Crippen LogP contribution in [0.1, 0.15) is 12.0 Å². The van der Waals surface area contributed by atoms with Crippen molar-refractivity contribution in [1.82, 2.24) is 10.2 Å². The number of benzene rings is 2. The molecular weight excluding hydrogens is 264 g/mol. The van der Waals surface area contributed by atoms with Crippen LogP contribution in [0, 0.1) is 0 Å². The molecule has 0 radical (unpaired) electrons. The number of hydrogen-bond donors (Lipinski definition) is 1. The first-order valence-corrected chi connectivity index (χ1v) is 7.01. The summed E-state index contributed by atoms with van der Waals surface area (Å²) in [4.78, 5) is 24.9. The van der Waals surface area contributed by atoms with Gasteiger partial charge < -0.3 is 10.2 Å². The maximum absolute atomic E-state index is 12.0. The van der Waals surface area contributed by atoms with Crippen molar-refractivity contribution in [2.45, 2.75) is 12.8 Å². The smallest absolute Gasteiger partial charge is 0.224 e. The largest absolute Gasteiger partial charge is 0.355 e. The highest BCUT2D eigenvalue weighted by Gasteiger charge is 2.08. The lowest BCUT2D eigenvalue weighted by atomic mass is 10.0. The van der Waals surface area contributed by atoms with Crippen LogP contribution in [0.5, 0.6) is 0 Å². The Bertz CT molecular complexity index is 645. The molecule has 0 saturated heterocycles. The lowest BCUT2D eigenvalue weighted by molar-refractivity contribution is -0.128. The molecule has 2 aromatic carbocycles. The molecule has 0 saturated carbocycles. The van der Waals surface area contributed by atoms with Crippen LogP contribution in [0.4, 0.5) is 0 Å². The lowest BCUT2D eigenvalue weighted by Crippen LogP contribution is -2.31. The first kappa shape index (κ1) is 15.0. The third kappa shape index (κ3) is 4.05. The quantitative estimate of drug-likeness (QED) is 0.912. The van der Waals surface area contributed by atoms with Gasteiger partial charge in [-0.3, -0.25) is 9.59 Å². The van der Waals surface area contributed by atoms with E-state index < -0.39 is 0 Å². The van der Waals surface area contributed by atoms with Crippen LogP contribution in [-0.2, 0) is 16.0 Å². The van der Waals surface area contributed by atoms with Crippen molar-refractivity contribution in [3.8, 4) is 0 Å². The summed E-state index contributed by atoms with van der Waals surface area (Å²) in [5.41, 5.74) is 1.00. The van der Waals surface area contributed by atoms with Crippen molar-refractivity contribution < 1.29 is 9.59 Å². The summed E-state index contributed by atoms with van der Waals surface area (Å²) in [6.45, 7) is 0.376. The molecule has 0 aromatic heterocycles. The first-order chi connectivity index (χ1) is 10.1. The Labute approximate surface area is 124 Å². The predicted molar refractivity (Wildman–Crippen MR) is 84.0 cm³/mol. The molecule has 2 aromatic rings. The molecule has 4 nitrogen and oxygen atoms in total. The summed E-state index contributed by atoms with van der Waals surface area (Å²) in [5, 5.41) is 5.02. The van der Waals surface area contributed by atoms with Gasteiger partial charge >= 0.3 is 0 Å². The summed E-state index contributed by atoms with van der Waals surface area (Å²) in [7, 11) is 3.42. The van der Waals surface area contributed by atoms with Crippen LogP contribution in [-0.4, -0.2) is 37.4 Å². The van der Waals surface area contributed by atoms with Gasteiger partial charge in [0, 0.05) is 27.1 Å². The summed E-state index contributed by atoms with van der Waals surface area (Å²) in [5.74, 6) is -0.0432. The lowest BCUT2D eigenvalue weighted by Gasteiger charge is -2.11. The second-order valence-corrected chi connectivity index (χ2v) is 5.20. The van der Waals surface area contributed by atoms with Gasteiger partial charge in [-0.25, -0.2) is 0 Å². The maximum atomic E-state index is 12.0. The molecule has 4 heteroatoms. The molecule has 0 bridgehead atoms. The third-order valence-electron chi connectivity index (χ3n) is 3.39. The highest BCUT2D eigenvalue weighted by atomic mass is 16.2.